The zero-order valence-electron chi connectivity index (χ0n) is 6.20. The molecule has 3 heteroatoms. The monoisotopic (exact) mass is 179 g/mol. The van der Waals surface area contributed by atoms with E-state index < -0.39 is 0 Å². The van der Waals surface area contributed by atoms with Crippen LogP contribution in [-0.4, -0.2) is 4.40 Å². The van der Waals surface area contributed by atoms with Crippen LogP contribution < -0.4 is 5.56 Å². The average Bonchev–Trinajstić information content (AvgIpc) is 2.04. The molecule has 0 spiro atoms. The third-order valence-electron chi connectivity index (χ3n) is 1.69. The third-order valence-corrected chi connectivity index (χ3v) is 1.93. The molecule has 0 bridgehead atoms. The fourth-order valence-corrected chi connectivity index (χ4v) is 1.30. The lowest BCUT2D eigenvalue weighted by atomic mass is 10.3. The van der Waals surface area contributed by atoms with Crippen molar-refractivity contribution in [3.8, 4) is 0 Å². The summed E-state index contributed by atoms with van der Waals surface area (Å²) in [6, 6.07) is 8.51. The molecule has 0 aliphatic carbocycles. The standard InChI is InChI=1S/C9H6ClNO/c10-7-4-5-11-8(6-7)2-1-3-9(11)12/h1-6H. The van der Waals surface area contributed by atoms with E-state index in [9.17, 15) is 4.79 Å². The molecule has 2 rings (SSSR count). The molecule has 0 saturated heterocycles. The van der Waals surface area contributed by atoms with Crippen molar-refractivity contribution in [2.24, 2.45) is 0 Å². The minimum Gasteiger partial charge on any atom is -0.284 e. The van der Waals surface area contributed by atoms with Gasteiger partial charge < -0.3 is 0 Å². The molecule has 0 aliphatic rings. The minimum atomic E-state index is -0.0378. The van der Waals surface area contributed by atoms with Crippen molar-refractivity contribution >= 4 is 17.1 Å². The van der Waals surface area contributed by atoms with Gasteiger partial charge in [-0.15, -0.1) is 0 Å². The molecule has 2 nitrogen and oxygen atoms in total. The maximum absolute atomic E-state index is 11.2. The summed E-state index contributed by atoms with van der Waals surface area (Å²) in [6.45, 7) is 0. The molecule has 0 unspecified atom stereocenters. The number of fused-ring (bicyclic) bond motifs is 1. The predicted octanol–water partition coefficient (Wildman–Crippen LogP) is 1.95. The molecule has 0 radical (unpaired) electrons. The van der Waals surface area contributed by atoms with E-state index in [0.717, 1.165) is 5.52 Å². The molecule has 0 atom stereocenters. The van der Waals surface area contributed by atoms with Crippen LogP contribution >= 0.6 is 11.6 Å². The van der Waals surface area contributed by atoms with Crippen LogP contribution in [0.15, 0.2) is 41.3 Å². The number of hydrogen-bond donors (Lipinski definition) is 0. The highest BCUT2D eigenvalue weighted by Gasteiger charge is 1.93. The van der Waals surface area contributed by atoms with Gasteiger partial charge >= 0.3 is 0 Å². The van der Waals surface area contributed by atoms with Crippen LogP contribution in [0, 0.1) is 0 Å². The summed E-state index contributed by atoms with van der Waals surface area (Å²) < 4.78 is 1.55. The molecular formula is C9H6ClNO. The molecule has 0 fully saturated rings. The molecule has 60 valence electrons. The maximum Gasteiger partial charge on any atom is 0.255 e. The van der Waals surface area contributed by atoms with Crippen molar-refractivity contribution < 1.29 is 0 Å². The molecule has 0 N–H and O–H groups in total. The van der Waals surface area contributed by atoms with Crippen molar-refractivity contribution in [3.63, 3.8) is 0 Å². The van der Waals surface area contributed by atoms with Gasteiger partial charge in [0.2, 0.25) is 0 Å². The number of halogens is 1. The first-order chi connectivity index (χ1) is 5.77. The van der Waals surface area contributed by atoms with Gasteiger partial charge in [-0.1, -0.05) is 17.7 Å². The molecular weight excluding hydrogens is 174 g/mol. The first kappa shape index (κ1) is 7.37. The van der Waals surface area contributed by atoms with E-state index in [1.165, 1.54) is 6.07 Å². The normalized spacial score (nSPS) is 10.4. The van der Waals surface area contributed by atoms with Gasteiger partial charge in [-0.05, 0) is 18.2 Å². The Morgan fingerprint density at radius 1 is 1.25 bits per heavy atom. The lowest BCUT2D eigenvalue weighted by Gasteiger charge is -1.98. The third kappa shape index (κ3) is 1.10. The van der Waals surface area contributed by atoms with E-state index in [0.29, 0.717) is 5.02 Å². The number of rotatable bonds is 0. The summed E-state index contributed by atoms with van der Waals surface area (Å²) in [4.78, 5) is 11.2. The molecule has 12 heavy (non-hydrogen) atoms. The van der Waals surface area contributed by atoms with Crippen LogP contribution in [-0.2, 0) is 0 Å². The van der Waals surface area contributed by atoms with Gasteiger partial charge in [0.05, 0.1) is 5.52 Å². The van der Waals surface area contributed by atoms with Gasteiger partial charge in [0.1, 0.15) is 0 Å². The summed E-state index contributed by atoms with van der Waals surface area (Å²) in [7, 11) is 0. The highest BCUT2D eigenvalue weighted by atomic mass is 35.5. The Bertz CT molecular complexity index is 475. The van der Waals surface area contributed by atoms with E-state index in [4.69, 9.17) is 11.6 Å². The summed E-state index contributed by atoms with van der Waals surface area (Å²) in [5.41, 5.74) is 0.777. The second-order valence-electron chi connectivity index (χ2n) is 2.50. The Labute approximate surface area is 74.0 Å². The van der Waals surface area contributed by atoms with E-state index >= 15 is 0 Å². The highest BCUT2D eigenvalue weighted by Crippen LogP contribution is 2.09. The topological polar surface area (TPSA) is 21.5 Å². The van der Waals surface area contributed by atoms with Crippen molar-refractivity contribution in [1.82, 2.24) is 4.40 Å². The Kier molecular flexibility index (Phi) is 1.62. The van der Waals surface area contributed by atoms with Crippen LogP contribution in [0.1, 0.15) is 0 Å². The van der Waals surface area contributed by atoms with E-state index in [1.54, 1.807) is 28.8 Å². The van der Waals surface area contributed by atoms with Gasteiger partial charge in [-0.3, -0.25) is 9.20 Å². The van der Waals surface area contributed by atoms with Gasteiger partial charge in [0.25, 0.3) is 5.56 Å². The lowest BCUT2D eigenvalue weighted by Crippen LogP contribution is -2.10. The Balaban J connectivity index is 2.96. The predicted molar refractivity (Wildman–Crippen MR) is 48.7 cm³/mol. The smallest absolute Gasteiger partial charge is 0.255 e. The molecule has 0 amide bonds. The lowest BCUT2D eigenvalue weighted by molar-refractivity contribution is 1.10. The van der Waals surface area contributed by atoms with Gasteiger partial charge in [-0.2, -0.15) is 0 Å². The summed E-state index contributed by atoms with van der Waals surface area (Å²) in [5, 5.41) is 0.639. The molecule has 2 heterocycles. The molecule has 0 aromatic carbocycles. The Hall–Kier alpha value is -1.28. The van der Waals surface area contributed by atoms with Crippen LogP contribution in [0.2, 0.25) is 5.02 Å². The maximum atomic E-state index is 11.2. The van der Waals surface area contributed by atoms with Gasteiger partial charge in [0, 0.05) is 17.3 Å². The van der Waals surface area contributed by atoms with Crippen molar-refractivity contribution in [2.75, 3.05) is 0 Å². The Morgan fingerprint density at radius 3 is 2.92 bits per heavy atom. The van der Waals surface area contributed by atoms with Crippen LogP contribution in [0.4, 0.5) is 0 Å². The number of hydrogen-bond acceptors (Lipinski definition) is 1. The average molecular weight is 180 g/mol. The van der Waals surface area contributed by atoms with Gasteiger partial charge in [0.15, 0.2) is 0 Å². The first-order valence-corrected chi connectivity index (χ1v) is 3.92. The fraction of sp³-hybridized carbons (Fsp3) is 0. The fourth-order valence-electron chi connectivity index (χ4n) is 1.13. The number of nitrogens with zero attached hydrogens (tertiary/aromatic N) is 1. The molecule has 2 aromatic heterocycles. The van der Waals surface area contributed by atoms with E-state index in [2.05, 4.69) is 0 Å². The number of aromatic nitrogens is 1. The quantitative estimate of drug-likeness (QED) is 0.606. The summed E-state index contributed by atoms with van der Waals surface area (Å²) >= 11 is 5.76. The summed E-state index contributed by atoms with van der Waals surface area (Å²) in [5.74, 6) is 0. The SMILES string of the molecule is O=c1cccc2cc(Cl)ccn12. The highest BCUT2D eigenvalue weighted by molar-refractivity contribution is 6.30. The second-order valence-corrected chi connectivity index (χ2v) is 2.94. The second kappa shape index (κ2) is 2.64. The van der Waals surface area contributed by atoms with E-state index in [1.807, 2.05) is 6.07 Å². The molecule has 2 aromatic rings. The van der Waals surface area contributed by atoms with Crippen molar-refractivity contribution in [2.45, 2.75) is 0 Å². The number of pyridine rings is 2. The largest absolute Gasteiger partial charge is 0.284 e. The Morgan fingerprint density at radius 2 is 2.08 bits per heavy atom. The minimum absolute atomic E-state index is 0.0378. The van der Waals surface area contributed by atoms with Crippen LogP contribution in [0.3, 0.4) is 0 Å². The van der Waals surface area contributed by atoms with Crippen LogP contribution in [0.5, 0.6) is 0 Å². The zero-order valence-corrected chi connectivity index (χ0v) is 6.95. The van der Waals surface area contributed by atoms with Crippen molar-refractivity contribution in [3.05, 3.63) is 51.9 Å². The van der Waals surface area contributed by atoms with E-state index in [-0.39, 0.29) is 5.56 Å². The zero-order chi connectivity index (χ0) is 8.55. The van der Waals surface area contributed by atoms with Gasteiger partial charge in [-0.25, -0.2) is 0 Å². The summed E-state index contributed by atoms with van der Waals surface area (Å²) in [6.07, 6.45) is 1.67. The van der Waals surface area contributed by atoms with Crippen LogP contribution in [0.25, 0.3) is 5.52 Å². The molecule has 0 aliphatic heterocycles. The van der Waals surface area contributed by atoms with Crippen molar-refractivity contribution in [1.29, 1.82) is 0 Å². The first-order valence-electron chi connectivity index (χ1n) is 3.54. The molecule has 0 saturated carbocycles.